The van der Waals surface area contributed by atoms with Gasteiger partial charge >= 0.3 is 0 Å². The summed E-state index contributed by atoms with van der Waals surface area (Å²) in [5.74, 6) is 0.00357. The normalized spacial score (nSPS) is 11.2. The van der Waals surface area contributed by atoms with E-state index in [0.717, 1.165) is 11.8 Å². The fourth-order valence-corrected chi connectivity index (χ4v) is 4.16. The van der Waals surface area contributed by atoms with Crippen LogP contribution in [0.3, 0.4) is 0 Å². The number of aryl methyl sites for hydroxylation is 1. The summed E-state index contributed by atoms with van der Waals surface area (Å²) in [5.41, 5.74) is 1.78. The van der Waals surface area contributed by atoms with Crippen LogP contribution < -0.4 is 9.46 Å². The predicted molar refractivity (Wildman–Crippen MR) is 103 cm³/mol. The Balaban J connectivity index is 2.06. The van der Waals surface area contributed by atoms with Crippen LogP contribution in [-0.4, -0.2) is 30.2 Å². The van der Waals surface area contributed by atoms with Gasteiger partial charge in [-0.3, -0.25) is 14.8 Å². The van der Waals surface area contributed by atoms with E-state index in [4.69, 9.17) is 4.74 Å². The molecular formula is C18H18N4O5S. The summed E-state index contributed by atoms with van der Waals surface area (Å²) >= 11 is 0. The molecule has 3 aromatic rings. The Bertz CT molecular complexity index is 1140. The maximum absolute atomic E-state index is 13.0. The summed E-state index contributed by atoms with van der Waals surface area (Å²) in [6, 6.07) is 12.7. The van der Waals surface area contributed by atoms with E-state index in [1.807, 2.05) is 30.3 Å². The number of non-ortho nitro benzene ring substituents is 1. The van der Waals surface area contributed by atoms with Crippen LogP contribution in [0, 0.1) is 24.0 Å². The van der Waals surface area contributed by atoms with Crippen molar-refractivity contribution in [1.82, 2.24) is 9.78 Å². The Hall–Kier alpha value is -3.40. The number of para-hydroxylation sites is 1. The van der Waals surface area contributed by atoms with Crippen LogP contribution in [-0.2, 0) is 10.0 Å². The first kappa shape index (κ1) is 19.4. The topological polar surface area (TPSA) is 116 Å². The molecule has 3 rings (SSSR count). The summed E-state index contributed by atoms with van der Waals surface area (Å²) in [7, 11) is -2.86. The van der Waals surface area contributed by atoms with Crippen molar-refractivity contribution >= 4 is 21.4 Å². The first-order valence-corrected chi connectivity index (χ1v) is 9.70. The van der Waals surface area contributed by atoms with Crippen LogP contribution in [0.15, 0.2) is 53.4 Å². The van der Waals surface area contributed by atoms with Gasteiger partial charge in [0.15, 0.2) is 0 Å². The molecule has 0 fully saturated rings. The molecule has 1 aromatic heterocycles. The SMILES string of the molecule is COc1ccc([N+](=O)[O-])cc1S(=O)(=O)Nc1c(C)nn(-c2ccccc2)c1C. The number of aromatic nitrogens is 2. The number of methoxy groups -OCH3 is 1. The third kappa shape index (κ3) is 3.54. The van der Waals surface area contributed by atoms with Crippen LogP contribution in [0.4, 0.5) is 11.4 Å². The number of anilines is 1. The van der Waals surface area contributed by atoms with Crippen LogP contribution in [0.5, 0.6) is 5.75 Å². The van der Waals surface area contributed by atoms with Crippen molar-refractivity contribution in [2.45, 2.75) is 18.7 Å². The maximum atomic E-state index is 13.0. The lowest BCUT2D eigenvalue weighted by Gasteiger charge is -2.12. The zero-order valence-corrected chi connectivity index (χ0v) is 16.2. The summed E-state index contributed by atoms with van der Waals surface area (Å²) in [6.45, 7) is 3.41. The van der Waals surface area contributed by atoms with E-state index in [9.17, 15) is 18.5 Å². The van der Waals surface area contributed by atoms with Crippen LogP contribution in [0.1, 0.15) is 11.4 Å². The van der Waals surface area contributed by atoms with Gasteiger partial charge in [0.1, 0.15) is 10.6 Å². The molecule has 146 valence electrons. The van der Waals surface area contributed by atoms with Gasteiger partial charge in [-0.2, -0.15) is 5.10 Å². The molecule has 2 aromatic carbocycles. The highest BCUT2D eigenvalue weighted by Gasteiger charge is 2.26. The minimum absolute atomic E-state index is 0.00357. The summed E-state index contributed by atoms with van der Waals surface area (Å²) in [4.78, 5) is 10.1. The van der Waals surface area contributed by atoms with E-state index < -0.39 is 14.9 Å². The van der Waals surface area contributed by atoms with Crippen LogP contribution in [0.2, 0.25) is 0 Å². The number of nitrogens with zero attached hydrogens (tertiary/aromatic N) is 3. The molecule has 0 aliphatic heterocycles. The van der Waals surface area contributed by atoms with Gasteiger partial charge in [0.25, 0.3) is 15.7 Å². The van der Waals surface area contributed by atoms with Crippen LogP contribution in [0.25, 0.3) is 5.69 Å². The zero-order valence-electron chi connectivity index (χ0n) is 15.4. The fraction of sp³-hybridized carbons (Fsp3) is 0.167. The highest BCUT2D eigenvalue weighted by Crippen LogP contribution is 2.31. The second-order valence-electron chi connectivity index (χ2n) is 5.99. The predicted octanol–water partition coefficient (Wildman–Crippen LogP) is 3.21. The van der Waals surface area contributed by atoms with Crippen molar-refractivity contribution in [3.8, 4) is 11.4 Å². The van der Waals surface area contributed by atoms with Crippen molar-refractivity contribution < 1.29 is 18.1 Å². The molecule has 1 heterocycles. The Morgan fingerprint density at radius 3 is 2.43 bits per heavy atom. The molecule has 0 radical (unpaired) electrons. The molecule has 0 atom stereocenters. The molecule has 9 nitrogen and oxygen atoms in total. The molecule has 28 heavy (non-hydrogen) atoms. The van der Waals surface area contributed by atoms with Crippen molar-refractivity contribution in [1.29, 1.82) is 0 Å². The quantitative estimate of drug-likeness (QED) is 0.500. The number of benzene rings is 2. The molecule has 1 N–H and O–H groups in total. The summed E-state index contributed by atoms with van der Waals surface area (Å²) in [6.07, 6.45) is 0. The van der Waals surface area contributed by atoms with Crippen molar-refractivity contribution in [3.05, 3.63) is 70.0 Å². The molecule has 0 aliphatic carbocycles. The fourth-order valence-electron chi connectivity index (χ4n) is 2.79. The van der Waals surface area contributed by atoms with Crippen molar-refractivity contribution in [3.63, 3.8) is 0 Å². The number of hydrogen-bond donors (Lipinski definition) is 1. The Kier molecular flexibility index (Phi) is 5.06. The second kappa shape index (κ2) is 7.31. The van der Waals surface area contributed by atoms with E-state index in [0.29, 0.717) is 17.1 Å². The Labute approximate surface area is 161 Å². The van der Waals surface area contributed by atoms with E-state index >= 15 is 0 Å². The molecule has 0 amide bonds. The molecule has 0 aliphatic rings. The highest BCUT2D eigenvalue weighted by molar-refractivity contribution is 7.92. The van der Waals surface area contributed by atoms with Crippen LogP contribution >= 0.6 is 0 Å². The Morgan fingerprint density at radius 2 is 1.82 bits per heavy atom. The molecule has 0 saturated carbocycles. The largest absolute Gasteiger partial charge is 0.495 e. The number of rotatable bonds is 6. The van der Waals surface area contributed by atoms with E-state index in [1.165, 1.54) is 19.2 Å². The van der Waals surface area contributed by atoms with E-state index in [2.05, 4.69) is 9.82 Å². The second-order valence-corrected chi connectivity index (χ2v) is 7.64. The lowest BCUT2D eigenvalue weighted by molar-refractivity contribution is -0.385. The molecule has 10 heteroatoms. The monoisotopic (exact) mass is 402 g/mol. The highest BCUT2D eigenvalue weighted by atomic mass is 32.2. The number of nitro benzene ring substituents is 1. The lowest BCUT2D eigenvalue weighted by atomic mass is 10.3. The Morgan fingerprint density at radius 1 is 1.14 bits per heavy atom. The third-order valence-corrected chi connectivity index (χ3v) is 5.55. The third-order valence-electron chi connectivity index (χ3n) is 4.18. The average Bonchev–Trinajstić information content (AvgIpc) is 2.96. The summed E-state index contributed by atoms with van der Waals surface area (Å²) < 4.78 is 35.1. The van der Waals surface area contributed by atoms with Gasteiger partial charge in [0, 0.05) is 12.1 Å². The lowest BCUT2D eigenvalue weighted by Crippen LogP contribution is -2.15. The van der Waals surface area contributed by atoms with Gasteiger partial charge in [0.05, 0.1) is 34.8 Å². The number of nitrogens with one attached hydrogen (secondary N) is 1. The van der Waals surface area contributed by atoms with Gasteiger partial charge < -0.3 is 4.74 Å². The number of hydrogen-bond acceptors (Lipinski definition) is 6. The van der Waals surface area contributed by atoms with Gasteiger partial charge in [-0.25, -0.2) is 13.1 Å². The average molecular weight is 402 g/mol. The van der Waals surface area contributed by atoms with E-state index in [1.54, 1.807) is 18.5 Å². The number of ether oxygens (including phenoxy) is 1. The van der Waals surface area contributed by atoms with Gasteiger partial charge in [-0.05, 0) is 32.0 Å². The van der Waals surface area contributed by atoms with Crippen molar-refractivity contribution in [2.24, 2.45) is 0 Å². The first-order chi connectivity index (χ1) is 13.2. The minimum Gasteiger partial charge on any atom is -0.495 e. The van der Waals surface area contributed by atoms with Crippen molar-refractivity contribution in [2.75, 3.05) is 11.8 Å². The van der Waals surface area contributed by atoms with Gasteiger partial charge in [-0.1, -0.05) is 18.2 Å². The maximum Gasteiger partial charge on any atom is 0.271 e. The number of sulfonamides is 1. The molecule has 0 bridgehead atoms. The first-order valence-electron chi connectivity index (χ1n) is 8.21. The minimum atomic E-state index is -4.16. The van der Waals surface area contributed by atoms with E-state index in [-0.39, 0.29) is 16.3 Å². The van der Waals surface area contributed by atoms with Gasteiger partial charge in [0.2, 0.25) is 0 Å². The smallest absolute Gasteiger partial charge is 0.271 e. The molecule has 0 saturated heterocycles. The standard InChI is InChI=1S/C18H18N4O5S/c1-12-18(13(2)21(19-12)14-7-5-4-6-8-14)20-28(25,26)17-11-15(22(23)24)9-10-16(17)27-3/h4-11,20H,1-3H3. The molecule has 0 spiro atoms. The number of nitro groups is 1. The zero-order chi connectivity index (χ0) is 20.5. The summed E-state index contributed by atoms with van der Waals surface area (Å²) in [5, 5.41) is 15.4. The van der Waals surface area contributed by atoms with Gasteiger partial charge in [-0.15, -0.1) is 0 Å². The molecule has 0 unspecified atom stereocenters. The molecular weight excluding hydrogens is 384 g/mol.